The van der Waals surface area contributed by atoms with Crippen LogP contribution in [0.3, 0.4) is 0 Å². The standard InChI is InChI=1S/C50H30N2S/c1-3-15-31(16-4-1)43-30-44(32-17-5-2-6-18-32)52-50(51-43)48-39-24-12-10-22-37(39)46(38-23-11-13-25-40(38)48)33-27-28-45-42(29-33)47-36-21-9-7-19-34(36)35-20-8-14-26-41(35)49(47)53-45/h1-30H. The van der Waals surface area contributed by atoms with Crippen LogP contribution < -0.4 is 0 Å². The van der Waals surface area contributed by atoms with Crippen LogP contribution in [0.5, 0.6) is 0 Å². The molecule has 0 saturated heterocycles. The molecule has 11 aromatic rings. The van der Waals surface area contributed by atoms with Gasteiger partial charge in [-0.2, -0.15) is 0 Å². The summed E-state index contributed by atoms with van der Waals surface area (Å²) in [6.07, 6.45) is 0. The Bertz CT molecular complexity index is 3100. The normalized spacial score (nSPS) is 11.8. The Balaban J connectivity index is 1.21. The Morgan fingerprint density at radius 3 is 1.34 bits per heavy atom. The average Bonchev–Trinajstić information content (AvgIpc) is 3.63. The molecule has 2 aromatic heterocycles. The van der Waals surface area contributed by atoms with Crippen molar-refractivity contribution in [2.75, 3.05) is 0 Å². The van der Waals surface area contributed by atoms with Gasteiger partial charge in [-0.05, 0) is 67.0 Å². The largest absolute Gasteiger partial charge is 0.228 e. The number of benzene rings is 9. The van der Waals surface area contributed by atoms with Crippen LogP contribution in [0.25, 0.3) is 108 Å². The van der Waals surface area contributed by atoms with Crippen LogP contribution in [0.4, 0.5) is 0 Å². The highest BCUT2D eigenvalue weighted by atomic mass is 32.1. The zero-order valence-corrected chi connectivity index (χ0v) is 29.4. The van der Waals surface area contributed by atoms with Crippen LogP contribution in [0.15, 0.2) is 182 Å². The molecule has 0 spiro atoms. The van der Waals surface area contributed by atoms with Crippen LogP contribution in [0.2, 0.25) is 0 Å². The third-order valence-corrected chi connectivity index (χ3v) is 11.9. The van der Waals surface area contributed by atoms with Gasteiger partial charge in [-0.25, -0.2) is 9.97 Å². The van der Waals surface area contributed by atoms with E-state index in [1.165, 1.54) is 63.6 Å². The lowest BCUT2D eigenvalue weighted by molar-refractivity contribution is 1.19. The number of thiophene rings is 1. The van der Waals surface area contributed by atoms with Gasteiger partial charge >= 0.3 is 0 Å². The van der Waals surface area contributed by atoms with Gasteiger partial charge in [-0.3, -0.25) is 0 Å². The van der Waals surface area contributed by atoms with E-state index in [-0.39, 0.29) is 0 Å². The van der Waals surface area contributed by atoms with Gasteiger partial charge in [-0.15, -0.1) is 11.3 Å². The van der Waals surface area contributed by atoms with Crippen molar-refractivity contribution in [3.05, 3.63) is 182 Å². The molecule has 0 radical (unpaired) electrons. The summed E-state index contributed by atoms with van der Waals surface area (Å²) in [5, 5.41) is 12.5. The van der Waals surface area contributed by atoms with Crippen LogP contribution >= 0.6 is 11.3 Å². The molecule has 0 unspecified atom stereocenters. The van der Waals surface area contributed by atoms with Gasteiger partial charge in [0.05, 0.1) is 11.4 Å². The third kappa shape index (κ3) is 4.71. The first-order valence-electron chi connectivity index (χ1n) is 18.0. The maximum Gasteiger partial charge on any atom is 0.161 e. The molecular weight excluding hydrogens is 661 g/mol. The lowest BCUT2D eigenvalue weighted by Crippen LogP contribution is -1.98. The molecule has 0 aliphatic heterocycles. The molecule has 0 saturated carbocycles. The van der Waals surface area contributed by atoms with Crippen LogP contribution in [0.1, 0.15) is 0 Å². The second kappa shape index (κ2) is 11.9. The minimum absolute atomic E-state index is 0.724. The smallest absolute Gasteiger partial charge is 0.161 e. The highest BCUT2D eigenvalue weighted by Crippen LogP contribution is 2.48. The number of hydrogen-bond acceptors (Lipinski definition) is 3. The van der Waals surface area contributed by atoms with Crippen LogP contribution in [0, 0.1) is 0 Å². The molecule has 2 nitrogen and oxygen atoms in total. The fourth-order valence-electron chi connectivity index (χ4n) is 8.32. The average molecular weight is 691 g/mol. The fourth-order valence-corrected chi connectivity index (χ4v) is 9.55. The summed E-state index contributed by atoms with van der Waals surface area (Å²) in [6, 6.07) is 65.3. The van der Waals surface area contributed by atoms with Gasteiger partial charge in [0.25, 0.3) is 0 Å². The van der Waals surface area contributed by atoms with E-state index in [4.69, 9.17) is 9.97 Å². The molecule has 246 valence electrons. The van der Waals surface area contributed by atoms with E-state index in [1.807, 2.05) is 23.5 Å². The Hall–Kier alpha value is -6.68. The molecule has 11 rings (SSSR count). The second-order valence-corrected chi connectivity index (χ2v) is 14.7. The van der Waals surface area contributed by atoms with Gasteiger partial charge < -0.3 is 0 Å². The first kappa shape index (κ1) is 30.0. The van der Waals surface area contributed by atoms with Crippen molar-refractivity contribution in [2.45, 2.75) is 0 Å². The summed E-state index contributed by atoms with van der Waals surface area (Å²) in [4.78, 5) is 10.6. The van der Waals surface area contributed by atoms with Gasteiger partial charge in [0.2, 0.25) is 0 Å². The zero-order valence-electron chi connectivity index (χ0n) is 28.6. The van der Waals surface area contributed by atoms with Crippen molar-refractivity contribution in [1.82, 2.24) is 9.97 Å². The second-order valence-electron chi connectivity index (χ2n) is 13.6. The van der Waals surface area contributed by atoms with Crippen molar-refractivity contribution < 1.29 is 0 Å². The molecule has 0 amide bonds. The number of aromatic nitrogens is 2. The molecule has 2 heterocycles. The van der Waals surface area contributed by atoms with E-state index in [0.29, 0.717) is 0 Å². The predicted octanol–water partition coefficient (Wildman–Crippen LogP) is 14.1. The minimum atomic E-state index is 0.724. The summed E-state index contributed by atoms with van der Waals surface area (Å²) in [6.45, 7) is 0. The number of hydrogen-bond donors (Lipinski definition) is 0. The summed E-state index contributed by atoms with van der Waals surface area (Å²) in [5.41, 5.74) is 7.42. The van der Waals surface area contributed by atoms with E-state index in [2.05, 4.69) is 170 Å². The van der Waals surface area contributed by atoms with Crippen molar-refractivity contribution >= 4 is 74.6 Å². The SMILES string of the molecule is c1ccc(-c2cc(-c3ccccc3)nc(-c3c4ccccc4c(-c4ccc5sc6c7ccccc7c7ccccc7c6c5c4)c4ccccc34)n2)cc1. The highest BCUT2D eigenvalue weighted by Gasteiger charge is 2.21. The van der Waals surface area contributed by atoms with E-state index >= 15 is 0 Å². The predicted molar refractivity (Wildman–Crippen MR) is 227 cm³/mol. The highest BCUT2D eigenvalue weighted by molar-refractivity contribution is 7.27. The number of rotatable bonds is 4. The topological polar surface area (TPSA) is 25.8 Å². The summed E-state index contributed by atoms with van der Waals surface area (Å²) in [5.74, 6) is 0.724. The lowest BCUT2D eigenvalue weighted by atomic mass is 9.87. The van der Waals surface area contributed by atoms with Crippen molar-refractivity contribution in [1.29, 1.82) is 0 Å². The van der Waals surface area contributed by atoms with Crippen LogP contribution in [-0.2, 0) is 0 Å². The Morgan fingerprint density at radius 2 is 0.774 bits per heavy atom. The van der Waals surface area contributed by atoms with Crippen molar-refractivity contribution in [3.63, 3.8) is 0 Å². The van der Waals surface area contributed by atoms with Gasteiger partial charge in [0.15, 0.2) is 5.82 Å². The minimum Gasteiger partial charge on any atom is -0.228 e. The summed E-state index contributed by atoms with van der Waals surface area (Å²) >= 11 is 1.90. The lowest BCUT2D eigenvalue weighted by Gasteiger charge is -2.18. The molecule has 0 bridgehead atoms. The molecule has 0 aliphatic carbocycles. The maximum atomic E-state index is 5.31. The Morgan fingerprint density at radius 1 is 0.321 bits per heavy atom. The zero-order chi connectivity index (χ0) is 34.9. The number of fused-ring (bicyclic) bond motifs is 10. The molecule has 0 N–H and O–H groups in total. The van der Waals surface area contributed by atoms with E-state index < -0.39 is 0 Å². The quantitative estimate of drug-likeness (QED) is 0.136. The first-order valence-corrected chi connectivity index (χ1v) is 18.8. The fraction of sp³-hybridized carbons (Fsp3) is 0. The van der Waals surface area contributed by atoms with Crippen molar-refractivity contribution in [3.8, 4) is 45.0 Å². The molecular formula is C50H30N2S. The van der Waals surface area contributed by atoms with Gasteiger partial charge in [0.1, 0.15) is 0 Å². The molecule has 9 aromatic carbocycles. The maximum absolute atomic E-state index is 5.31. The van der Waals surface area contributed by atoms with Crippen LogP contribution in [-0.4, -0.2) is 9.97 Å². The first-order chi connectivity index (χ1) is 26.3. The Labute approximate surface area is 310 Å². The summed E-state index contributed by atoms with van der Waals surface area (Å²) in [7, 11) is 0. The Kier molecular flexibility index (Phi) is 6.76. The van der Waals surface area contributed by atoms with Crippen molar-refractivity contribution in [2.24, 2.45) is 0 Å². The molecule has 0 fully saturated rings. The molecule has 3 heteroatoms. The van der Waals surface area contributed by atoms with Gasteiger partial charge in [0, 0.05) is 42.2 Å². The monoisotopic (exact) mass is 690 g/mol. The summed E-state index contributed by atoms with van der Waals surface area (Å²) < 4.78 is 2.65. The number of nitrogens with zero attached hydrogens (tertiary/aromatic N) is 2. The van der Waals surface area contributed by atoms with E-state index in [9.17, 15) is 0 Å². The molecule has 0 aliphatic rings. The molecule has 0 atom stereocenters. The van der Waals surface area contributed by atoms with Gasteiger partial charge in [-0.1, -0.05) is 164 Å². The van der Waals surface area contributed by atoms with E-state index in [0.717, 1.165) is 44.7 Å². The third-order valence-electron chi connectivity index (χ3n) is 10.7. The van der Waals surface area contributed by atoms with E-state index in [1.54, 1.807) is 0 Å². The molecule has 53 heavy (non-hydrogen) atoms.